The van der Waals surface area contributed by atoms with E-state index in [1.807, 2.05) is 64.1 Å². The normalized spacial score (nSPS) is 18.6. The fourth-order valence-corrected chi connectivity index (χ4v) is 5.01. The highest BCUT2D eigenvalue weighted by Gasteiger charge is 2.30. The van der Waals surface area contributed by atoms with Gasteiger partial charge in [-0.05, 0) is 36.2 Å². The molecule has 1 aromatic heterocycles. The molecule has 0 N–H and O–H groups in total. The summed E-state index contributed by atoms with van der Waals surface area (Å²) in [4.78, 5) is 13.4. The second kappa shape index (κ2) is 8.38. The first-order chi connectivity index (χ1) is 16.6. The number of hydrogen-bond acceptors (Lipinski definition) is 5. The van der Waals surface area contributed by atoms with E-state index in [1.54, 1.807) is 10.9 Å². The lowest BCUT2D eigenvalue weighted by Crippen LogP contribution is -2.33. The molecule has 0 amide bonds. The molecular formula is C25H23ClN6O2. The number of rotatable bonds is 4. The lowest BCUT2D eigenvalue weighted by atomic mass is 9.98. The van der Waals surface area contributed by atoms with Gasteiger partial charge in [-0.3, -0.25) is 9.48 Å². The Balaban J connectivity index is 1.46. The summed E-state index contributed by atoms with van der Waals surface area (Å²) in [6, 6.07) is 15.6. The van der Waals surface area contributed by atoms with E-state index in [0.29, 0.717) is 36.2 Å². The number of halogens is 1. The van der Waals surface area contributed by atoms with Gasteiger partial charge in [-0.15, -0.1) is 0 Å². The van der Waals surface area contributed by atoms with Crippen LogP contribution in [0.1, 0.15) is 24.9 Å². The standard InChI is InChI=1S/C25H23ClN6O2/c1-16-15-34-13-10-21(16)32-25(33)23-22(29-32)19-4-2-5-20(26)24(19)31(28-23)14-17-6-8-18(9-7-17)30-12-3-11-27-30/h2-9,11-12,16,21H,10,13-15H2,1H3/t16-,21-/m0/s1. The van der Waals surface area contributed by atoms with Gasteiger partial charge in [0.2, 0.25) is 0 Å². The predicted octanol–water partition coefficient (Wildman–Crippen LogP) is 4.18. The summed E-state index contributed by atoms with van der Waals surface area (Å²) < 4.78 is 10.8. The number of aromatic nitrogens is 6. The van der Waals surface area contributed by atoms with Crippen molar-refractivity contribution < 1.29 is 4.74 Å². The lowest BCUT2D eigenvalue weighted by molar-refractivity contribution is 0.0242. The van der Waals surface area contributed by atoms with Crippen LogP contribution in [0.3, 0.4) is 0 Å². The van der Waals surface area contributed by atoms with Gasteiger partial charge < -0.3 is 4.74 Å². The zero-order chi connectivity index (χ0) is 23.2. The van der Waals surface area contributed by atoms with Crippen LogP contribution in [-0.4, -0.2) is 42.6 Å². The van der Waals surface area contributed by atoms with Crippen LogP contribution < -0.4 is 5.56 Å². The van der Waals surface area contributed by atoms with E-state index in [9.17, 15) is 4.79 Å². The molecule has 0 spiro atoms. The van der Waals surface area contributed by atoms with Crippen LogP contribution in [0.4, 0.5) is 0 Å². The summed E-state index contributed by atoms with van der Waals surface area (Å²) in [5.74, 6) is 0.200. The molecule has 6 rings (SSSR count). The summed E-state index contributed by atoms with van der Waals surface area (Å²) in [6.45, 7) is 3.80. The number of hydrogen-bond donors (Lipinski definition) is 0. The molecule has 3 aromatic rings. The Labute approximate surface area is 200 Å². The first-order valence-electron chi connectivity index (χ1n) is 11.3. The Bertz CT molecular complexity index is 1490. The van der Waals surface area contributed by atoms with Gasteiger partial charge in [0, 0.05) is 30.3 Å². The molecule has 0 aliphatic carbocycles. The molecule has 172 valence electrons. The fourth-order valence-electron chi connectivity index (χ4n) is 4.74. The third-order valence-corrected chi connectivity index (χ3v) is 6.82. The lowest BCUT2D eigenvalue weighted by Gasteiger charge is -2.28. The Morgan fingerprint density at radius 1 is 1.09 bits per heavy atom. The molecule has 1 saturated heterocycles. The van der Waals surface area contributed by atoms with Crippen LogP contribution in [-0.2, 0) is 11.3 Å². The highest BCUT2D eigenvalue weighted by molar-refractivity contribution is 6.35. The molecule has 9 heteroatoms. The smallest absolute Gasteiger partial charge is 0.297 e. The molecule has 0 radical (unpaired) electrons. The average Bonchev–Trinajstić information content (AvgIpc) is 3.49. The molecule has 1 fully saturated rings. The number of para-hydroxylation sites is 1. The number of fused-ring (bicyclic) bond motifs is 3. The van der Waals surface area contributed by atoms with Crippen molar-refractivity contribution >= 4 is 22.5 Å². The van der Waals surface area contributed by atoms with Crippen molar-refractivity contribution in [1.29, 1.82) is 0 Å². The molecular weight excluding hydrogens is 452 g/mol. The van der Waals surface area contributed by atoms with Gasteiger partial charge >= 0.3 is 0 Å². The van der Waals surface area contributed by atoms with Crippen molar-refractivity contribution in [2.45, 2.75) is 25.9 Å². The minimum absolute atomic E-state index is 0.00651. The minimum Gasteiger partial charge on any atom is -0.381 e. The quantitative estimate of drug-likeness (QED) is 0.390. The van der Waals surface area contributed by atoms with E-state index >= 15 is 0 Å². The molecule has 3 aliphatic rings. The maximum Gasteiger partial charge on any atom is 0.297 e. The van der Waals surface area contributed by atoms with Crippen molar-refractivity contribution in [3.05, 3.63) is 81.9 Å². The predicted molar refractivity (Wildman–Crippen MR) is 130 cm³/mol. The highest BCUT2D eigenvalue weighted by atomic mass is 35.5. The topological polar surface area (TPSA) is 79.8 Å². The van der Waals surface area contributed by atoms with Crippen LogP contribution in [0.15, 0.2) is 65.7 Å². The Kier molecular flexibility index (Phi) is 5.19. The molecule has 3 aliphatic heterocycles. The van der Waals surface area contributed by atoms with Crippen LogP contribution in [0.25, 0.3) is 28.0 Å². The average molecular weight is 475 g/mol. The Morgan fingerprint density at radius 2 is 1.94 bits per heavy atom. The van der Waals surface area contributed by atoms with Crippen molar-refractivity contribution in [3.8, 4) is 17.1 Å². The van der Waals surface area contributed by atoms with Crippen LogP contribution >= 0.6 is 11.6 Å². The summed E-state index contributed by atoms with van der Waals surface area (Å²) >= 11 is 6.64. The summed E-state index contributed by atoms with van der Waals surface area (Å²) in [5.41, 5.74) is 3.55. The van der Waals surface area contributed by atoms with Crippen LogP contribution in [0.5, 0.6) is 0 Å². The molecule has 2 aromatic carbocycles. The Morgan fingerprint density at radius 3 is 2.71 bits per heavy atom. The second-order valence-electron chi connectivity index (χ2n) is 8.77. The van der Waals surface area contributed by atoms with E-state index in [2.05, 4.69) is 12.0 Å². The zero-order valence-corrected chi connectivity index (χ0v) is 19.4. The number of ether oxygens (including phenoxy) is 1. The molecule has 2 atom stereocenters. The fraction of sp³-hybridized carbons (Fsp3) is 0.280. The van der Waals surface area contributed by atoms with Crippen LogP contribution in [0.2, 0.25) is 5.02 Å². The van der Waals surface area contributed by atoms with E-state index < -0.39 is 0 Å². The molecule has 0 saturated carbocycles. The van der Waals surface area contributed by atoms with Gasteiger partial charge in [0.25, 0.3) is 5.56 Å². The van der Waals surface area contributed by atoms with Crippen molar-refractivity contribution in [3.63, 3.8) is 0 Å². The SMILES string of the molecule is C[C@H]1COCC[C@@H]1n1nc2c3cccc(Cl)c3n(Cc3ccc(-n4cccn4)cc3)nc-2c1=O. The van der Waals surface area contributed by atoms with Crippen molar-refractivity contribution in [2.75, 3.05) is 13.2 Å². The largest absolute Gasteiger partial charge is 0.381 e. The van der Waals surface area contributed by atoms with Crippen LogP contribution in [0, 0.1) is 5.92 Å². The zero-order valence-electron chi connectivity index (χ0n) is 18.6. The third-order valence-electron chi connectivity index (χ3n) is 6.51. The monoisotopic (exact) mass is 474 g/mol. The highest BCUT2D eigenvalue weighted by Crippen LogP contribution is 2.33. The molecule has 0 bridgehead atoms. The maximum absolute atomic E-state index is 13.4. The molecule has 8 nitrogen and oxygen atoms in total. The van der Waals surface area contributed by atoms with Crippen molar-refractivity contribution in [1.82, 2.24) is 29.3 Å². The number of benzene rings is 2. The summed E-state index contributed by atoms with van der Waals surface area (Å²) in [6.07, 6.45) is 4.41. The van der Waals surface area contributed by atoms with Gasteiger partial charge in [-0.25, -0.2) is 9.36 Å². The van der Waals surface area contributed by atoms with Gasteiger partial charge in [0.1, 0.15) is 5.69 Å². The van der Waals surface area contributed by atoms with Gasteiger partial charge in [-0.1, -0.05) is 42.8 Å². The van der Waals surface area contributed by atoms with E-state index in [4.69, 9.17) is 26.5 Å². The summed E-state index contributed by atoms with van der Waals surface area (Å²) in [7, 11) is 0. The minimum atomic E-state index is -0.168. The molecule has 34 heavy (non-hydrogen) atoms. The van der Waals surface area contributed by atoms with E-state index in [1.165, 1.54) is 0 Å². The van der Waals surface area contributed by atoms with Gasteiger partial charge in [-0.2, -0.15) is 15.3 Å². The van der Waals surface area contributed by atoms with E-state index in [0.717, 1.165) is 28.6 Å². The van der Waals surface area contributed by atoms with E-state index in [-0.39, 0.29) is 17.5 Å². The van der Waals surface area contributed by atoms with Gasteiger partial charge in [0.15, 0.2) is 5.69 Å². The first kappa shape index (κ1) is 21.1. The third kappa shape index (κ3) is 3.50. The van der Waals surface area contributed by atoms with Gasteiger partial charge in [0.05, 0.1) is 35.4 Å². The maximum atomic E-state index is 13.4. The summed E-state index contributed by atoms with van der Waals surface area (Å²) in [5, 5.41) is 15.2. The first-order valence-corrected chi connectivity index (χ1v) is 11.7. The number of nitrogens with zero attached hydrogens (tertiary/aromatic N) is 6. The van der Waals surface area contributed by atoms with Crippen molar-refractivity contribution in [2.24, 2.45) is 5.92 Å². The second-order valence-corrected chi connectivity index (χ2v) is 9.17. The molecule has 4 heterocycles. The Hall–Kier alpha value is -3.49. The molecule has 0 unspecified atom stereocenters.